The number of aromatic nitrogens is 1. The van der Waals surface area contributed by atoms with E-state index in [9.17, 15) is 4.79 Å². The summed E-state index contributed by atoms with van der Waals surface area (Å²) in [4.78, 5) is 14.0. The van der Waals surface area contributed by atoms with Gasteiger partial charge >= 0.3 is 0 Å². The van der Waals surface area contributed by atoms with Crippen LogP contribution in [-0.4, -0.2) is 10.8 Å². The average molecular weight is 185 g/mol. The number of carbonyl (C=O) groups excluding carboxylic acids is 1. The van der Waals surface area contributed by atoms with Gasteiger partial charge in [-0.15, -0.1) is 0 Å². The number of nitrogens with one attached hydrogen (secondary N) is 1. The molecule has 1 aromatic heterocycles. The molecule has 70 valence electrons. The normalized spacial score (nSPS) is 10.1. The Kier molecular flexibility index (Phi) is 2.19. The second-order valence-electron chi connectivity index (χ2n) is 3.22. The molecule has 2 rings (SSSR count). The third-order valence-corrected chi connectivity index (χ3v) is 2.17. The van der Waals surface area contributed by atoms with Gasteiger partial charge in [-0.1, -0.05) is 30.3 Å². The fourth-order valence-corrected chi connectivity index (χ4v) is 1.39. The molecule has 0 unspecified atom stereocenters. The van der Waals surface area contributed by atoms with E-state index in [0.29, 0.717) is 5.69 Å². The lowest BCUT2D eigenvalue weighted by Crippen LogP contribution is -1.89. The lowest BCUT2D eigenvalue weighted by atomic mass is 10.1. The molecule has 1 heterocycles. The third-order valence-electron chi connectivity index (χ3n) is 2.17. The van der Waals surface area contributed by atoms with Gasteiger partial charge in [-0.25, -0.2) is 0 Å². The van der Waals surface area contributed by atoms with Gasteiger partial charge in [-0.05, 0) is 17.2 Å². The van der Waals surface area contributed by atoms with Crippen LogP contribution in [0.3, 0.4) is 0 Å². The first kappa shape index (κ1) is 8.75. The Hall–Kier alpha value is -1.83. The Morgan fingerprint density at radius 3 is 2.43 bits per heavy atom. The molecule has 0 aliphatic carbocycles. The quantitative estimate of drug-likeness (QED) is 0.717. The van der Waals surface area contributed by atoms with Crippen LogP contribution < -0.4 is 0 Å². The highest BCUT2D eigenvalue weighted by Gasteiger charge is 2.03. The molecular weight excluding hydrogens is 174 g/mol. The van der Waals surface area contributed by atoms with Crippen molar-refractivity contribution in [3.8, 4) is 11.1 Å². The summed E-state index contributed by atoms with van der Waals surface area (Å²) in [5.74, 6) is 0.0622. The number of hydrogen-bond donors (Lipinski definition) is 1. The topological polar surface area (TPSA) is 32.9 Å². The third kappa shape index (κ3) is 1.59. The first-order chi connectivity index (χ1) is 6.77. The highest BCUT2D eigenvalue weighted by Crippen LogP contribution is 2.19. The number of H-pyrrole nitrogens is 1. The first-order valence-corrected chi connectivity index (χ1v) is 4.52. The van der Waals surface area contributed by atoms with Crippen LogP contribution in [0, 0.1) is 0 Å². The molecule has 1 N–H and O–H groups in total. The van der Waals surface area contributed by atoms with Gasteiger partial charge in [0.15, 0.2) is 5.78 Å². The minimum absolute atomic E-state index is 0.0622. The van der Waals surface area contributed by atoms with Crippen LogP contribution in [0.5, 0.6) is 0 Å². The van der Waals surface area contributed by atoms with Crippen molar-refractivity contribution in [2.75, 3.05) is 0 Å². The van der Waals surface area contributed by atoms with Crippen LogP contribution in [-0.2, 0) is 0 Å². The van der Waals surface area contributed by atoms with E-state index in [0.717, 1.165) is 11.1 Å². The predicted octanol–water partition coefficient (Wildman–Crippen LogP) is 2.88. The zero-order valence-corrected chi connectivity index (χ0v) is 7.95. The number of aromatic amines is 1. The molecule has 2 nitrogen and oxygen atoms in total. The lowest BCUT2D eigenvalue weighted by Gasteiger charge is -1.94. The second-order valence-corrected chi connectivity index (χ2v) is 3.22. The van der Waals surface area contributed by atoms with E-state index in [1.165, 1.54) is 0 Å². The molecule has 0 atom stereocenters. The van der Waals surface area contributed by atoms with Gasteiger partial charge in [0.2, 0.25) is 0 Å². The molecule has 0 spiro atoms. The van der Waals surface area contributed by atoms with Gasteiger partial charge in [-0.2, -0.15) is 0 Å². The number of Topliss-reactive ketones (excluding diaryl/α,β-unsaturated/α-hetero) is 1. The Labute approximate surface area is 82.6 Å². The van der Waals surface area contributed by atoms with E-state index < -0.39 is 0 Å². The maximum Gasteiger partial charge on any atom is 0.175 e. The number of hydrogen-bond acceptors (Lipinski definition) is 1. The van der Waals surface area contributed by atoms with Gasteiger partial charge in [-0.3, -0.25) is 4.79 Å². The van der Waals surface area contributed by atoms with Gasteiger partial charge in [0.1, 0.15) is 0 Å². The van der Waals surface area contributed by atoms with Crippen molar-refractivity contribution >= 4 is 5.78 Å². The van der Waals surface area contributed by atoms with Gasteiger partial charge in [0, 0.05) is 13.1 Å². The summed E-state index contributed by atoms with van der Waals surface area (Å²) in [5.41, 5.74) is 2.83. The summed E-state index contributed by atoms with van der Waals surface area (Å²) in [5, 5.41) is 0. The highest BCUT2D eigenvalue weighted by atomic mass is 16.1. The van der Waals surface area contributed by atoms with Crippen LogP contribution in [0.15, 0.2) is 42.6 Å². The van der Waals surface area contributed by atoms with Crippen LogP contribution >= 0.6 is 0 Å². The Bertz CT molecular complexity index is 442. The first-order valence-electron chi connectivity index (χ1n) is 4.52. The van der Waals surface area contributed by atoms with E-state index >= 15 is 0 Å². The fraction of sp³-hybridized carbons (Fsp3) is 0.0833. The summed E-state index contributed by atoms with van der Waals surface area (Å²) in [7, 11) is 0. The van der Waals surface area contributed by atoms with E-state index in [-0.39, 0.29) is 5.78 Å². The summed E-state index contributed by atoms with van der Waals surface area (Å²) in [6.45, 7) is 1.56. The van der Waals surface area contributed by atoms with Crippen molar-refractivity contribution in [1.29, 1.82) is 0 Å². The van der Waals surface area contributed by atoms with Gasteiger partial charge in [0.25, 0.3) is 0 Å². The van der Waals surface area contributed by atoms with Crippen molar-refractivity contribution in [2.45, 2.75) is 6.92 Å². The number of benzene rings is 1. The molecule has 2 heteroatoms. The molecule has 0 saturated carbocycles. The van der Waals surface area contributed by atoms with Crippen molar-refractivity contribution in [2.24, 2.45) is 0 Å². The van der Waals surface area contributed by atoms with E-state index in [2.05, 4.69) is 4.98 Å². The molecule has 0 aliphatic rings. The van der Waals surface area contributed by atoms with Gasteiger partial charge in [0.05, 0.1) is 5.69 Å². The summed E-state index contributed by atoms with van der Waals surface area (Å²) in [6, 6.07) is 11.9. The standard InChI is InChI=1S/C12H11NO/c1-9(14)12-7-11(8-13-12)10-5-3-2-4-6-10/h2-8,13H,1H3. The maximum absolute atomic E-state index is 11.1. The van der Waals surface area contributed by atoms with E-state index in [1.54, 1.807) is 6.92 Å². The predicted molar refractivity (Wildman–Crippen MR) is 56.2 cm³/mol. The summed E-state index contributed by atoms with van der Waals surface area (Å²) < 4.78 is 0. The summed E-state index contributed by atoms with van der Waals surface area (Å²) >= 11 is 0. The smallest absolute Gasteiger partial charge is 0.175 e. The Morgan fingerprint density at radius 1 is 1.14 bits per heavy atom. The molecule has 0 amide bonds. The second kappa shape index (κ2) is 3.50. The molecule has 1 aromatic carbocycles. The number of rotatable bonds is 2. The molecule has 0 aliphatic heterocycles. The molecule has 0 saturated heterocycles. The molecule has 14 heavy (non-hydrogen) atoms. The van der Waals surface area contributed by atoms with E-state index in [1.807, 2.05) is 42.6 Å². The zero-order chi connectivity index (χ0) is 9.97. The van der Waals surface area contributed by atoms with Crippen LogP contribution in [0.1, 0.15) is 17.4 Å². The highest BCUT2D eigenvalue weighted by molar-refractivity contribution is 5.93. The Balaban J connectivity index is 2.39. The summed E-state index contributed by atoms with van der Waals surface area (Å²) in [6.07, 6.45) is 1.85. The van der Waals surface area contributed by atoms with Crippen molar-refractivity contribution < 1.29 is 4.79 Å². The zero-order valence-electron chi connectivity index (χ0n) is 7.95. The average Bonchev–Trinajstić information content (AvgIpc) is 2.68. The molecule has 0 bridgehead atoms. The molecule has 2 aromatic rings. The molecular formula is C12H11NO. The van der Waals surface area contributed by atoms with Crippen molar-refractivity contribution in [1.82, 2.24) is 4.98 Å². The minimum Gasteiger partial charge on any atom is -0.358 e. The van der Waals surface area contributed by atoms with Crippen molar-refractivity contribution in [3.63, 3.8) is 0 Å². The lowest BCUT2D eigenvalue weighted by molar-refractivity contribution is 0.101. The molecule has 0 radical (unpaired) electrons. The number of carbonyl (C=O) groups is 1. The molecule has 0 fully saturated rings. The number of ketones is 1. The minimum atomic E-state index is 0.0622. The largest absolute Gasteiger partial charge is 0.358 e. The monoisotopic (exact) mass is 185 g/mol. The Morgan fingerprint density at radius 2 is 1.86 bits per heavy atom. The van der Waals surface area contributed by atoms with E-state index in [4.69, 9.17) is 0 Å². The van der Waals surface area contributed by atoms with Crippen molar-refractivity contribution in [3.05, 3.63) is 48.3 Å². The van der Waals surface area contributed by atoms with Crippen LogP contribution in [0.4, 0.5) is 0 Å². The van der Waals surface area contributed by atoms with Gasteiger partial charge < -0.3 is 4.98 Å². The maximum atomic E-state index is 11.1. The van der Waals surface area contributed by atoms with Crippen LogP contribution in [0.25, 0.3) is 11.1 Å². The van der Waals surface area contributed by atoms with Crippen LogP contribution in [0.2, 0.25) is 0 Å². The SMILES string of the molecule is CC(=O)c1cc(-c2ccccc2)c[nH]1. The fourth-order valence-electron chi connectivity index (χ4n) is 1.39.